The summed E-state index contributed by atoms with van der Waals surface area (Å²) in [5, 5.41) is 5.97. The first-order valence-electron chi connectivity index (χ1n) is 7.34. The Balaban J connectivity index is 1.90. The second-order valence-corrected chi connectivity index (χ2v) is 5.80. The van der Waals surface area contributed by atoms with Crippen LogP contribution in [-0.4, -0.2) is 49.4 Å². The molecule has 5 heteroatoms. The number of nitrogens with one attached hydrogen (secondary N) is 2. The molecule has 0 bridgehead atoms. The van der Waals surface area contributed by atoms with Gasteiger partial charge < -0.3 is 15.5 Å². The van der Waals surface area contributed by atoms with Crippen molar-refractivity contribution in [2.45, 2.75) is 19.3 Å². The molecule has 1 aliphatic heterocycles. The summed E-state index contributed by atoms with van der Waals surface area (Å²) in [5.41, 5.74) is 0.294. The number of nitrogens with zero attached hydrogens (tertiary/aromatic N) is 1. The Morgan fingerprint density at radius 3 is 2.43 bits per heavy atom. The first kappa shape index (κ1) is 15.5. The van der Waals surface area contributed by atoms with Crippen molar-refractivity contribution < 1.29 is 9.59 Å². The highest BCUT2D eigenvalue weighted by atomic mass is 16.2. The van der Waals surface area contributed by atoms with Gasteiger partial charge in [-0.05, 0) is 19.4 Å². The zero-order valence-electron chi connectivity index (χ0n) is 12.7. The fraction of sp³-hybridized carbons (Fsp3) is 0.500. The first-order valence-corrected chi connectivity index (χ1v) is 7.34. The van der Waals surface area contributed by atoms with Crippen LogP contribution in [0.25, 0.3) is 0 Å². The van der Waals surface area contributed by atoms with Gasteiger partial charge in [0, 0.05) is 26.2 Å². The molecule has 0 atom stereocenters. The van der Waals surface area contributed by atoms with E-state index in [1.165, 1.54) is 0 Å². The van der Waals surface area contributed by atoms with Gasteiger partial charge in [-0.3, -0.25) is 9.59 Å². The van der Waals surface area contributed by atoms with Gasteiger partial charge in [0.2, 0.25) is 11.8 Å². The van der Waals surface area contributed by atoms with Crippen molar-refractivity contribution in [2.75, 3.05) is 32.7 Å². The van der Waals surface area contributed by atoms with Crippen LogP contribution in [0.1, 0.15) is 19.4 Å². The Kier molecular flexibility index (Phi) is 4.96. The van der Waals surface area contributed by atoms with Crippen LogP contribution in [0.4, 0.5) is 0 Å². The lowest BCUT2D eigenvalue weighted by atomic mass is 9.84. The average Bonchev–Trinajstić information content (AvgIpc) is 2.53. The summed E-state index contributed by atoms with van der Waals surface area (Å²) < 4.78 is 0. The number of benzene rings is 1. The molecule has 2 N–H and O–H groups in total. The van der Waals surface area contributed by atoms with Crippen LogP contribution in [0.5, 0.6) is 0 Å². The minimum absolute atomic E-state index is 0.0197. The molecular formula is C16H23N3O2. The lowest BCUT2D eigenvalue weighted by molar-refractivity contribution is -0.134. The molecule has 0 aromatic heterocycles. The number of carbonyl (C=O) groups is 2. The van der Waals surface area contributed by atoms with Crippen LogP contribution in [0.15, 0.2) is 30.3 Å². The predicted octanol–water partition coefficient (Wildman–Crippen LogP) is 0.512. The highest BCUT2D eigenvalue weighted by Crippen LogP contribution is 2.22. The van der Waals surface area contributed by atoms with E-state index in [9.17, 15) is 9.59 Å². The molecule has 1 aliphatic rings. The van der Waals surface area contributed by atoms with E-state index in [0.717, 1.165) is 18.7 Å². The molecule has 2 rings (SSSR count). The van der Waals surface area contributed by atoms with Gasteiger partial charge in [-0.1, -0.05) is 30.3 Å². The summed E-state index contributed by atoms with van der Waals surface area (Å²) in [5.74, 6) is -0.147. The van der Waals surface area contributed by atoms with Crippen molar-refractivity contribution in [3.05, 3.63) is 35.9 Å². The molecule has 1 heterocycles. The largest absolute Gasteiger partial charge is 0.346 e. The van der Waals surface area contributed by atoms with E-state index >= 15 is 0 Å². The fourth-order valence-corrected chi connectivity index (χ4v) is 2.39. The molecule has 2 amide bonds. The van der Waals surface area contributed by atoms with E-state index < -0.39 is 5.41 Å². The van der Waals surface area contributed by atoms with E-state index in [0.29, 0.717) is 13.1 Å². The van der Waals surface area contributed by atoms with Crippen LogP contribution < -0.4 is 10.6 Å². The number of amides is 2. The lowest BCUT2D eigenvalue weighted by Gasteiger charge is -2.29. The molecule has 1 fully saturated rings. The van der Waals surface area contributed by atoms with Crippen molar-refractivity contribution in [3.63, 3.8) is 0 Å². The maximum Gasteiger partial charge on any atom is 0.242 e. The molecule has 0 saturated carbocycles. The van der Waals surface area contributed by atoms with Crippen molar-refractivity contribution in [1.29, 1.82) is 0 Å². The Morgan fingerprint density at radius 1 is 1.19 bits per heavy atom. The van der Waals surface area contributed by atoms with Gasteiger partial charge in [-0.2, -0.15) is 0 Å². The van der Waals surface area contributed by atoms with E-state index in [-0.39, 0.29) is 18.4 Å². The quantitative estimate of drug-likeness (QED) is 0.849. The van der Waals surface area contributed by atoms with Gasteiger partial charge in [0.1, 0.15) is 0 Å². The minimum Gasteiger partial charge on any atom is -0.346 e. The molecular weight excluding hydrogens is 266 g/mol. The van der Waals surface area contributed by atoms with Gasteiger partial charge in [-0.15, -0.1) is 0 Å². The van der Waals surface area contributed by atoms with Crippen molar-refractivity contribution in [1.82, 2.24) is 15.5 Å². The van der Waals surface area contributed by atoms with E-state index in [2.05, 4.69) is 10.6 Å². The zero-order chi connectivity index (χ0) is 15.3. The maximum atomic E-state index is 12.4. The molecule has 0 aliphatic carbocycles. The summed E-state index contributed by atoms with van der Waals surface area (Å²) in [6, 6.07) is 9.60. The first-order chi connectivity index (χ1) is 10.0. The van der Waals surface area contributed by atoms with Crippen molar-refractivity contribution >= 4 is 11.8 Å². The monoisotopic (exact) mass is 289 g/mol. The Bertz CT molecular complexity index is 494. The third-order valence-corrected chi connectivity index (χ3v) is 3.93. The summed E-state index contributed by atoms with van der Waals surface area (Å²) in [6.07, 6.45) is 0. The molecule has 114 valence electrons. The lowest BCUT2D eigenvalue weighted by Crippen LogP contribution is -2.51. The number of hydrogen-bond acceptors (Lipinski definition) is 3. The van der Waals surface area contributed by atoms with E-state index in [4.69, 9.17) is 0 Å². The predicted molar refractivity (Wildman–Crippen MR) is 81.9 cm³/mol. The Hall–Kier alpha value is -1.88. The van der Waals surface area contributed by atoms with Gasteiger partial charge >= 0.3 is 0 Å². The normalized spacial score (nSPS) is 15.6. The molecule has 0 unspecified atom stereocenters. The summed E-state index contributed by atoms with van der Waals surface area (Å²) in [4.78, 5) is 26.2. The molecule has 21 heavy (non-hydrogen) atoms. The summed E-state index contributed by atoms with van der Waals surface area (Å²) in [6.45, 7) is 6.84. The van der Waals surface area contributed by atoms with E-state index in [1.807, 2.05) is 44.2 Å². The van der Waals surface area contributed by atoms with Gasteiger partial charge in [-0.25, -0.2) is 0 Å². The molecule has 1 aromatic rings. The standard InChI is InChI=1S/C16H23N3O2/c1-16(2,13-6-4-3-5-7-13)15(21)18-12-14(20)19-10-8-17-9-11-19/h3-7,17H,8-12H2,1-2H3,(H,18,21). The van der Waals surface area contributed by atoms with Crippen LogP contribution in [0.2, 0.25) is 0 Å². The number of hydrogen-bond donors (Lipinski definition) is 2. The van der Waals surface area contributed by atoms with Crippen LogP contribution >= 0.6 is 0 Å². The number of rotatable bonds is 4. The second kappa shape index (κ2) is 6.72. The van der Waals surface area contributed by atoms with Crippen LogP contribution in [-0.2, 0) is 15.0 Å². The molecule has 5 nitrogen and oxygen atoms in total. The molecule has 1 saturated heterocycles. The Labute approximate surface area is 125 Å². The van der Waals surface area contributed by atoms with E-state index in [1.54, 1.807) is 4.90 Å². The fourth-order valence-electron chi connectivity index (χ4n) is 2.39. The summed E-state index contributed by atoms with van der Waals surface area (Å²) in [7, 11) is 0. The van der Waals surface area contributed by atoms with Crippen LogP contribution in [0, 0.1) is 0 Å². The number of piperazine rings is 1. The van der Waals surface area contributed by atoms with Gasteiger partial charge in [0.05, 0.1) is 12.0 Å². The van der Waals surface area contributed by atoms with Gasteiger partial charge in [0.15, 0.2) is 0 Å². The SMILES string of the molecule is CC(C)(C(=O)NCC(=O)N1CCNCC1)c1ccccc1. The van der Waals surface area contributed by atoms with Crippen LogP contribution in [0.3, 0.4) is 0 Å². The smallest absolute Gasteiger partial charge is 0.242 e. The van der Waals surface area contributed by atoms with Crippen molar-refractivity contribution in [2.24, 2.45) is 0 Å². The van der Waals surface area contributed by atoms with Gasteiger partial charge in [0.25, 0.3) is 0 Å². The maximum absolute atomic E-state index is 12.4. The highest BCUT2D eigenvalue weighted by molar-refractivity contribution is 5.90. The Morgan fingerprint density at radius 2 is 1.81 bits per heavy atom. The second-order valence-electron chi connectivity index (χ2n) is 5.80. The molecule has 0 radical (unpaired) electrons. The number of carbonyl (C=O) groups excluding carboxylic acids is 2. The third kappa shape index (κ3) is 3.82. The van der Waals surface area contributed by atoms with Crippen molar-refractivity contribution in [3.8, 4) is 0 Å². The molecule has 0 spiro atoms. The average molecular weight is 289 g/mol. The molecule has 1 aromatic carbocycles. The minimum atomic E-state index is -0.648. The summed E-state index contributed by atoms with van der Waals surface area (Å²) >= 11 is 0. The topological polar surface area (TPSA) is 61.4 Å². The zero-order valence-corrected chi connectivity index (χ0v) is 12.7. The third-order valence-electron chi connectivity index (χ3n) is 3.93. The highest BCUT2D eigenvalue weighted by Gasteiger charge is 2.30.